The summed E-state index contributed by atoms with van der Waals surface area (Å²) in [6, 6.07) is 8.16. The van der Waals surface area contributed by atoms with Gasteiger partial charge in [0.1, 0.15) is 5.69 Å². The van der Waals surface area contributed by atoms with E-state index in [0.717, 1.165) is 5.56 Å². The van der Waals surface area contributed by atoms with Gasteiger partial charge < -0.3 is 0 Å². The Morgan fingerprint density at radius 3 is 2.91 bits per heavy atom. The van der Waals surface area contributed by atoms with Crippen LogP contribution in [-0.4, -0.2) is 21.5 Å². The van der Waals surface area contributed by atoms with Crippen molar-refractivity contribution in [3.8, 4) is 0 Å². The van der Waals surface area contributed by atoms with Crippen molar-refractivity contribution in [1.29, 1.82) is 0 Å². The largest absolute Gasteiger partial charge is 0.288 e. The SMILES string of the molecule is O=C(NN=Cc1ccc(Cl)cc1)c1cc(=O)nc2sccn12. The van der Waals surface area contributed by atoms with Gasteiger partial charge in [0.15, 0.2) is 4.96 Å². The van der Waals surface area contributed by atoms with E-state index in [1.807, 2.05) is 0 Å². The second-order valence-corrected chi connectivity index (χ2v) is 5.60. The number of rotatable bonds is 3. The van der Waals surface area contributed by atoms with Gasteiger partial charge in [0.25, 0.3) is 11.5 Å². The van der Waals surface area contributed by atoms with Crippen molar-refractivity contribution < 1.29 is 4.79 Å². The third-order valence-corrected chi connectivity index (χ3v) is 3.81. The summed E-state index contributed by atoms with van der Waals surface area (Å²) in [7, 11) is 0. The van der Waals surface area contributed by atoms with Crippen molar-refractivity contribution in [1.82, 2.24) is 14.8 Å². The van der Waals surface area contributed by atoms with Crippen LogP contribution >= 0.6 is 22.9 Å². The molecule has 0 saturated carbocycles. The van der Waals surface area contributed by atoms with Crippen molar-refractivity contribution in [3.63, 3.8) is 0 Å². The maximum absolute atomic E-state index is 12.1. The Hall–Kier alpha value is -2.51. The van der Waals surface area contributed by atoms with Crippen LogP contribution in [0, 0.1) is 0 Å². The average molecular weight is 333 g/mol. The molecule has 0 saturated heterocycles. The van der Waals surface area contributed by atoms with Crippen LogP contribution in [-0.2, 0) is 0 Å². The Morgan fingerprint density at radius 2 is 2.14 bits per heavy atom. The molecule has 0 bridgehead atoms. The molecule has 0 atom stereocenters. The van der Waals surface area contributed by atoms with Crippen LogP contribution in [0.1, 0.15) is 16.1 Å². The molecular weight excluding hydrogens is 324 g/mol. The van der Waals surface area contributed by atoms with Gasteiger partial charge in [0.2, 0.25) is 0 Å². The van der Waals surface area contributed by atoms with Crippen molar-refractivity contribution in [2.75, 3.05) is 0 Å². The lowest BCUT2D eigenvalue weighted by Gasteiger charge is -2.02. The standard InChI is InChI=1S/C14H9ClN4O2S/c15-10-3-1-9(2-4-10)8-16-18-13(21)11-7-12(20)17-14-19(11)5-6-22-14/h1-8H,(H,18,21). The molecule has 3 rings (SSSR count). The monoisotopic (exact) mass is 332 g/mol. The minimum atomic E-state index is -0.488. The molecule has 0 aliphatic carbocycles. The molecule has 110 valence electrons. The first-order valence-corrected chi connectivity index (χ1v) is 7.45. The molecule has 1 N–H and O–H groups in total. The lowest BCUT2D eigenvalue weighted by Crippen LogP contribution is -2.23. The molecule has 0 spiro atoms. The molecule has 1 amide bonds. The normalized spacial score (nSPS) is 11.1. The summed E-state index contributed by atoms with van der Waals surface area (Å²) < 4.78 is 1.54. The van der Waals surface area contributed by atoms with E-state index in [1.165, 1.54) is 23.6 Å². The van der Waals surface area contributed by atoms with Gasteiger partial charge in [-0.05, 0) is 17.7 Å². The van der Waals surface area contributed by atoms with Crippen LogP contribution < -0.4 is 11.0 Å². The number of aromatic nitrogens is 2. The van der Waals surface area contributed by atoms with E-state index in [4.69, 9.17) is 11.6 Å². The topological polar surface area (TPSA) is 75.8 Å². The number of carbonyl (C=O) groups is 1. The number of carbonyl (C=O) groups excluding carboxylic acids is 1. The van der Waals surface area contributed by atoms with Crippen LogP contribution in [0.2, 0.25) is 5.02 Å². The first-order chi connectivity index (χ1) is 10.6. The van der Waals surface area contributed by atoms with Crippen LogP contribution in [0.3, 0.4) is 0 Å². The zero-order valence-electron chi connectivity index (χ0n) is 11.1. The number of amides is 1. The van der Waals surface area contributed by atoms with Crippen LogP contribution in [0.4, 0.5) is 0 Å². The smallest absolute Gasteiger partial charge is 0.287 e. The summed E-state index contributed by atoms with van der Waals surface area (Å²) in [5, 5.41) is 6.24. The number of halogens is 1. The van der Waals surface area contributed by atoms with E-state index in [1.54, 1.807) is 40.2 Å². The van der Waals surface area contributed by atoms with Gasteiger partial charge in [-0.1, -0.05) is 23.7 Å². The van der Waals surface area contributed by atoms with Crippen molar-refractivity contribution in [2.45, 2.75) is 0 Å². The predicted molar refractivity (Wildman–Crippen MR) is 85.9 cm³/mol. The predicted octanol–water partition coefficient (Wildman–Crippen LogP) is 2.17. The van der Waals surface area contributed by atoms with E-state index >= 15 is 0 Å². The number of nitrogens with zero attached hydrogens (tertiary/aromatic N) is 3. The maximum Gasteiger partial charge on any atom is 0.288 e. The number of hydrogen-bond donors (Lipinski definition) is 1. The number of thiazole rings is 1. The Bertz CT molecular complexity index is 914. The van der Waals surface area contributed by atoms with Gasteiger partial charge >= 0.3 is 0 Å². The quantitative estimate of drug-likeness (QED) is 0.590. The van der Waals surface area contributed by atoms with Gasteiger partial charge in [-0.25, -0.2) is 5.43 Å². The third-order valence-electron chi connectivity index (χ3n) is 2.80. The van der Waals surface area contributed by atoms with E-state index < -0.39 is 11.5 Å². The molecule has 1 aromatic carbocycles. The summed E-state index contributed by atoms with van der Waals surface area (Å²) >= 11 is 7.06. The fraction of sp³-hybridized carbons (Fsp3) is 0. The molecule has 6 nitrogen and oxygen atoms in total. The first kappa shape index (κ1) is 14.4. The highest BCUT2D eigenvalue weighted by Gasteiger charge is 2.11. The highest BCUT2D eigenvalue weighted by molar-refractivity contribution is 7.15. The lowest BCUT2D eigenvalue weighted by atomic mass is 10.2. The second-order valence-electron chi connectivity index (χ2n) is 4.29. The summed E-state index contributed by atoms with van der Waals surface area (Å²) in [4.78, 5) is 27.9. The van der Waals surface area contributed by atoms with Gasteiger partial charge in [-0.3, -0.25) is 14.0 Å². The number of benzene rings is 1. The molecule has 3 aromatic rings. The minimum Gasteiger partial charge on any atom is -0.287 e. The molecule has 0 radical (unpaired) electrons. The fourth-order valence-electron chi connectivity index (χ4n) is 1.80. The number of hydrazone groups is 1. The lowest BCUT2D eigenvalue weighted by molar-refractivity contribution is 0.0948. The number of hydrogen-bond acceptors (Lipinski definition) is 5. The van der Waals surface area contributed by atoms with Gasteiger partial charge in [0, 0.05) is 22.7 Å². The number of nitrogens with one attached hydrogen (secondary N) is 1. The van der Waals surface area contributed by atoms with Crippen molar-refractivity contribution >= 4 is 40.0 Å². The Balaban J connectivity index is 1.80. The number of fused-ring (bicyclic) bond motifs is 1. The van der Waals surface area contributed by atoms with Crippen LogP contribution in [0.5, 0.6) is 0 Å². The molecular formula is C14H9ClN4O2S. The summed E-state index contributed by atoms with van der Waals surface area (Å²) in [5.41, 5.74) is 2.90. The van der Waals surface area contributed by atoms with Crippen molar-refractivity contribution in [2.24, 2.45) is 5.10 Å². The first-order valence-electron chi connectivity index (χ1n) is 6.19. The second kappa shape index (κ2) is 6.08. The average Bonchev–Trinajstić information content (AvgIpc) is 2.96. The molecule has 22 heavy (non-hydrogen) atoms. The zero-order chi connectivity index (χ0) is 15.5. The van der Waals surface area contributed by atoms with E-state index in [0.29, 0.717) is 9.98 Å². The highest BCUT2D eigenvalue weighted by Crippen LogP contribution is 2.09. The maximum atomic E-state index is 12.1. The Morgan fingerprint density at radius 1 is 1.36 bits per heavy atom. The Labute approximate surface area is 133 Å². The van der Waals surface area contributed by atoms with E-state index in [9.17, 15) is 9.59 Å². The molecule has 0 fully saturated rings. The molecule has 2 aromatic heterocycles. The molecule has 0 unspecified atom stereocenters. The van der Waals surface area contributed by atoms with E-state index in [-0.39, 0.29) is 5.69 Å². The minimum absolute atomic E-state index is 0.185. The summed E-state index contributed by atoms with van der Waals surface area (Å²) in [5.74, 6) is -0.488. The zero-order valence-corrected chi connectivity index (χ0v) is 12.6. The molecule has 2 heterocycles. The van der Waals surface area contributed by atoms with E-state index in [2.05, 4.69) is 15.5 Å². The van der Waals surface area contributed by atoms with Crippen molar-refractivity contribution in [3.05, 3.63) is 68.5 Å². The van der Waals surface area contributed by atoms with Gasteiger partial charge in [-0.15, -0.1) is 11.3 Å². The van der Waals surface area contributed by atoms with Gasteiger partial charge in [0.05, 0.1) is 6.21 Å². The summed E-state index contributed by atoms with van der Waals surface area (Å²) in [6.45, 7) is 0. The third kappa shape index (κ3) is 3.05. The molecule has 0 aliphatic heterocycles. The molecule has 8 heteroatoms. The van der Waals surface area contributed by atoms with Gasteiger partial charge in [-0.2, -0.15) is 10.1 Å². The van der Waals surface area contributed by atoms with Crippen LogP contribution in [0.15, 0.2) is 51.8 Å². The molecule has 0 aliphatic rings. The Kier molecular flexibility index (Phi) is 3.99. The highest BCUT2D eigenvalue weighted by atomic mass is 35.5. The van der Waals surface area contributed by atoms with Crippen LogP contribution in [0.25, 0.3) is 4.96 Å². The fourth-order valence-corrected chi connectivity index (χ4v) is 2.64. The summed E-state index contributed by atoms with van der Waals surface area (Å²) in [6.07, 6.45) is 3.16.